The first-order valence-electron chi connectivity index (χ1n) is 17.6. The quantitative estimate of drug-likeness (QED) is 0.215. The maximum atomic E-state index is 14.5. The number of hydrogen-bond donors (Lipinski definition) is 0. The van der Waals surface area contributed by atoms with Crippen molar-refractivity contribution in [2.24, 2.45) is 0 Å². The number of halogens is 3. The van der Waals surface area contributed by atoms with Gasteiger partial charge in [-0.3, -0.25) is 14.7 Å². The Balaban J connectivity index is 1.15. The topological polar surface area (TPSA) is 87.2 Å². The zero-order valence-electron chi connectivity index (χ0n) is 29.6. The Hall–Kier alpha value is -3.97. The summed E-state index contributed by atoms with van der Waals surface area (Å²) in [5.74, 6) is -2.12. The highest BCUT2D eigenvalue weighted by Gasteiger charge is 2.50. The number of carbonyl (C=O) groups excluding carboxylic acids is 1. The minimum atomic E-state index is -2.81. The molecule has 13 heteroatoms. The second-order valence-corrected chi connectivity index (χ2v) is 14.3. The summed E-state index contributed by atoms with van der Waals surface area (Å²) in [7, 11) is 6.38. The number of fused-ring (bicyclic) bond motifs is 1. The summed E-state index contributed by atoms with van der Waals surface area (Å²) in [4.78, 5) is 35.3. The minimum absolute atomic E-state index is 0.000774. The highest BCUT2D eigenvalue weighted by molar-refractivity contribution is 5.97. The maximum Gasteiger partial charge on any atom is 0.258 e. The Labute approximate surface area is 292 Å². The van der Waals surface area contributed by atoms with Gasteiger partial charge in [-0.2, -0.15) is 0 Å². The second-order valence-electron chi connectivity index (χ2n) is 14.3. The van der Waals surface area contributed by atoms with Crippen LogP contribution >= 0.6 is 0 Å². The Morgan fingerprint density at radius 3 is 2.52 bits per heavy atom. The van der Waals surface area contributed by atoms with Crippen molar-refractivity contribution in [2.75, 3.05) is 52.2 Å². The number of aromatic nitrogens is 3. The molecule has 4 heterocycles. The van der Waals surface area contributed by atoms with Crippen molar-refractivity contribution >= 4 is 11.7 Å². The lowest BCUT2D eigenvalue weighted by Gasteiger charge is -2.44. The first kappa shape index (κ1) is 35.8. The van der Waals surface area contributed by atoms with Gasteiger partial charge in [-0.15, -0.1) is 0 Å². The molecule has 2 fully saturated rings. The van der Waals surface area contributed by atoms with Gasteiger partial charge < -0.3 is 24.2 Å². The number of nitrogens with zero attached hydrogens (tertiary/aromatic N) is 7. The first-order valence-corrected chi connectivity index (χ1v) is 17.6. The molecule has 1 aliphatic carbocycles. The van der Waals surface area contributed by atoms with E-state index in [1.165, 1.54) is 35.1 Å². The zero-order valence-corrected chi connectivity index (χ0v) is 29.6. The number of carbonyl (C=O) groups is 1. The molecule has 3 aliphatic rings. The highest BCUT2D eigenvalue weighted by Crippen LogP contribution is 2.43. The number of anilines is 1. The van der Waals surface area contributed by atoms with E-state index < -0.39 is 36.5 Å². The van der Waals surface area contributed by atoms with Gasteiger partial charge >= 0.3 is 0 Å². The third-order valence-electron chi connectivity index (χ3n) is 10.0. The summed E-state index contributed by atoms with van der Waals surface area (Å²) < 4.78 is 55.0. The van der Waals surface area contributed by atoms with Crippen molar-refractivity contribution in [3.63, 3.8) is 0 Å². The van der Waals surface area contributed by atoms with Gasteiger partial charge in [0, 0.05) is 81.6 Å². The van der Waals surface area contributed by atoms with E-state index in [1.807, 2.05) is 12.3 Å². The largest absolute Gasteiger partial charge is 0.490 e. The van der Waals surface area contributed by atoms with Crippen LogP contribution in [0.2, 0.25) is 0 Å². The lowest BCUT2D eigenvalue weighted by molar-refractivity contribution is -0.120. The minimum Gasteiger partial charge on any atom is -0.490 e. The Morgan fingerprint density at radius 1 is 1.06 bits per heavy atom. The van der Waals surface area contributed by atoms with E-state index in [-0.39, 0.29) is 29.5 Å². The van der Waals surface area contributed by atoms with Gasteiger partial charge in [0.05, 0.1) is 17.5 Å². The number of amides is 1. The van der Waals surface area contributed by atoms with Gasteiger partial charge in [0.1, 0.15) is 29.7 Å². The van der Waals surface area contributed by atoms with Gasteiger partial charge in [-0.1, -0.05) is 0 Å². The van der Waals surface area contributed by atoms with E-state index in [0.717, 1.165) is 62.7 Å². The molecule has 0 N–H and O–H groups in total. The molecule has 1 aromatic carbocycles. The van der Waals surface area contributed by atoms with E-state index in [9.17, 15) is 18.0 Å². The van der Waals surface area contributed by atoms with E-state index in [0.29, 0.717) is 24.7 Å². The third kappa shape index (κ3) is 7.99. The lowest BCUT2D eigenvalue weighted by Crippen LogP contribution is -2.55. The molecule has 2 aromatic heterocycles. The molecular weight excluding hydrogens is 647 g/mol. The molecule has 50 heavy (non-hydrogen) atoms. The predicted molar refractivity (Wildman–Crippen MR) is 185 cm³/mol. The molecule has 1 unspecified atom stereocenters. The standard InChI is InChI=1S/C37H48F3N7O3/c1-24(2)47(26-20-37(39,40)21-26)36(48)28-19-25(38)8-9-31(28)50-33-22-41-23-43-35(33)46-17-11-27(12-18-46)49-32-10-14-42-29-13-16-45(5)30(34(29)32)7-6-15-44(3)4/h8-10,14,19,22-24,26-27,30H,6-7,11-13,15-18,20-21H2,1-5H3. The molecular formula is C37H48F3N7O3. The number of rotatable bonds is 12. The SMILES string of the molecule is CC(C)N(C(=O)c1cc(F)ccc1Oc1cncnc1N1CCC(Oc2ccnc3c2C(CCCN(C)C)N(C)CC3)CC1)C1CC(F)(F)C1. The van der Waals surface area contributed by atoms with Crippen LogP contribution in [0.15, 0.2) is 43.0 Å². The number of likely N-dealkylation sites (N-methyl/N-ethyl adjacent to an activating group) is 1. The van der Waals surface area contributed by atoms with Gasteiger partial charge in [-0.05, 0) is 78.6 Å². The molecule has 1 saturated carbocycles. The average molecular weight is 696 g/mol. The van der Waals surface area contributed by atoms with Crippen LogP contribution in [0, 0.1) is 5.82 Å². The smallest absolute Gasteiger partial charge is 0.258 e. The van der Waals surface area contributed by atoms with Crippen molar-refractivity contribution in [3.05, 3.63) is 65.6 Å². The normalized spacial score (nSPS) is 19.7. The molecule has 6 rings (SSSR count). The molecule has 0 radical (unpaired) electrons. The van der Waals surface area contributed by atoms with Crippen LogP contribution in [-0.2, 0) is 6.42 Å². The fraction of sp³-hybridized carbons (Fsp3) is 0.568. The molecule has 3 aromatic rings. The summed E-state index contributed by atoms with van der Waals surface area (Å²) in [5, 5.41) is 0. The number of benzene rings is 1. The monoisotopic (exact) mass is 695 g/mol. The molecule has 1 atom stereocenters. The summed E-state index contributed by atoms with van der Waals surface area (Å²) >= 11 is 0. The molecule has 1 amide bonds. The fourth-order valence-electron chi connectivity index (χ4n) is 7.43. The average Bonchev–Trinajstić information content (AvgIpc) is 3.06. The van der Waals surface area contributed by atoms with Crippen LogP contribution in [0.4, 0.5) is 19.0 Å². The fourth-order valence-corrected chi connectivity index (χ4v) is 7.43. The molecule has 1 saturated heterocycles. The van der Waals surface area contributed by atoms with Gasteiger partial charge in [0.2, 0.25) is 0 Å². The van der Waals surface area contributed by atoms with Gasteiger partial charge in [0.15, 0.2) is 11.6 Å². The molecule has 2 aliphatic heterocycles. The maximum absolute atomic E-state index is 14.5. The zero-order chi connectivity index (χ0) is 35.6. The van der Waals surface area contributed by atoms with Crippen LogP contribution in [0.3, 0.4) is 0 Å². The van der Waals surface area contributed by atoms with Crippen LogP contribution < -0.4 is 14.4 Å². The van der Waals surface area contributed by atoms with Crippen LogP contribution in [0.5, 0.6) is 17.2 Å². The van der Waals surface area contributed by atoms with Crippen molar-refractivity contribution in [1.29, 1.82) is 0 Å². The van der Waals surface area contributed by atoms with Crippen molar-refractivity contribution in [2.45, 2.75) is 88.9 Å². The summed E-state index contributed by atoms with van der Waals surface area (Å²) in [6.07, 6.45) is 8.48. The molecule has 0 spiro atoms. The predicted octanol–water partition coefficient (Wildman–Crippen LogP) is 6.37. The number of hydrogen-bond acceptors (Lipinski definition) is 9. The van der Waals surface area contributed by atoms with Crippen molar-refractivity contribution in [3.8, 4) is 17.2 Å². The van der Waals surface area contributed by atoms with Crippen molar-refractivity contribution < 1.29 is 27.4 Å². The van der Waals surface area contributed by atoms with E-state index in [1.54, 1.807) is 13.8 Å². The van der Waals surface area contributed by atoms with Crippen LogP contribution in [-0.4, -0.2) is 107 Å². The van der Waals surface area contributed by atoms with Gasteiger partial charge in [-0.25, -0.2) is 23.1 Å². The summed E-state index contributed by atoms with van der Waals surface area (Å²) in [6, 6.07) is 4.93. The number of pyridine rings is 1. The number of ether oxygens (including phenoxy) is 2. The molecule has 0 bridgehead atoms. The Morgan fingerprint density at radius 2 is 1.82 bits per heavy atom. The summed E-state index contributed by atoms with van der Waals surface area (Å²) in [5.41, 5.74) is 2.29. The van der Waals surface area contributed by atoms with Crippen LogP contribution in [0.25, 0.3) is 0 Å². The number of alkyl halides is 2. The Bertz CT molecular complexity index is 1640. The van der Waals surface area contributed by atoms with E-state index in [2.05, 4.69) is 45.8 Å². The van der Waals surface area contributed by atoms with E-state index >= 15 is 0 Å². The highest BCUT2D eigenvalue weighted by atomic mass is 19.3. The van der Waals surface area contributed by atoms with Crippen molar-refractivity contribution in [1.82, 2.24) is 29.7 Å². The third-order valence-corrected chi connectivity index (χ3v) is 10.0. The number of piperidine rings is 1. The molecule has 270 valence electrons. The van der Waals surface area contributed by atoms with Crippen LogP contribution in [0.1, 0.15) is 80.0 Å². The second kappa shape index (κ2) is 15.1. The summed E-state index contributed by atoms with van der Waals surface area (Å²) in [6.45, 7) is 6.81. The van der Waals surface area contributed by atoms with Gasteiger partial charge in [0.25, 0.3) is 11.8 Å². The lowest BCUT2D eigenvalue weighted by atomic mass is 9.85. The molecule has 10 nitrogen and oxygen atoms in total. The first-order chi connectivity index (χ1) is 23.9. The Kier molecular flexibility index (Phi) is 10.8. The van der Waals surface area contributed by atoms with E-state index in [4.69, 9.17) is 14.5 Å².